The van der Waals surface area contributed by atoms with Gasteiger partial charge in [-0.1, -0.05) is 17.7 Å². The van der Waals surface area contributed by atoms with Crippen molar-refractivity contribution in [1.29, 1.82) is 0 Å². The molecule has 0 aliphatic heterocycles. The summed E-state index contributed by atoms with van der Waals surface area (Å²) in [5.41, 5.74) is 6.95. The zero-order valence-electron chi connectivity index (χ0n) is 10.6. The monoisotopic (exact) mass is 306 g/mol. The number of aromatic amines is 1. The largest absolute Gasteiger partial charge is 0.382 e. The van der Waals surface area contributed by atoms with Gasteiger partial charge in [0.25, 0.3) is 0 Å². The van der Waals surface area contributed by atoms with E-state index in [1.54, 1.807) is 6.07 Å². The number of hydrogen-bond donors (Lipinski definition) is 2. The Kier molecular flexibility index (Phi) is 3.31. The van der Waals surface area contributed by atoms with Crippen LogP contribution in [0.2, 0.25) is 5.02 Å². The molecule has 2 heterocycles. The van der Waals surface area contributed by atoms with Crippen molar-refractivity contribution in [2.24, 2.45) is 0 Å². The van der Waals surface area contributed by atoms with E-state index in [1.165, 1.54) is 24.4 Å². The highest BCUT2D eigenvalue weighted by molar-refractivity contribution is 6.33. The molecular weight excluding hydrogens is 298 g/mol. The van der Waals surface area contributed by atoms with Crippen LogP contribution in [0, 0.1) is 11.6 Å². The molecule has 0 atom stereocenters. The second-order valence-corrected chi connectivity index (χ2v) is 4.75. The summed E-state index contributed by atoms with van der Waals surface area (Å²) in [6.45, 7) is 0. The maximum atomic E-state index is 14.1. The minimum absolute atomic E-state index is 0.0706. The number of hydrogen-bond acceptors (Lipinski definition) is 3. The lowest BCUT2D eigenvalue weighted by Crippen LogP contribution is -1.93. The van der Waals surface area contributed by atoms with E-state index in [1.807, 2.05) is 0 Å². The number of aromatic nitrogens is 3. The van der Waals surface area contributed by atoms with Gasteiger partial charge in [0, 0.05) is 17.3 Å². The molecule has 3 rings (SSSR count). The van der Waals surface area contributed by atoms with E-state index in [-0.39, 0.29) is 22.0 Å². The van der Waals surface area contributed by atoms with Gasteiger partial charge in [-0.05, 0) is 18.2 Å². The highest BCUT2D eigenvalue weighted by Crippen LogP contribution is 2.39. The number of H-pyrrole nitrogens is 1. The molecule has 0 amide bonds. The van der Waals surface area contributed by atoms with Crippen molar-refractivity contribution in [2.75, 3.05) is 5.73 Å². The van der Waals surface area contributed by atoms with Crippen molar-refractivity contribution >= 4 is 17.4 Å². The molecule has 0 aliphatic carbocycles. The molecule has 0 bridgehead atoms. The summed E-state index contributed by atoms with van der Waals surface area (Å²) in [6.07, 6.45) is 2.49. The number of halogens is 3. The van der Waals surface area contributed by atoms with E-state index in [9.17, 15) is 8.78 Å². The molecule has 0 unspecified atom stereocenters. The van der Waals surface area contributed by atoms with Crippen LogP contribution >= 0.6 is 11.6 Å². The first-order chi connectivity index (χ1) is 10.1. The Bertz CT molecular complexity index is 796. The fourth-order valence-electron chi connectivity index (χ4n) is 2.10. The van der Waals surface area contributed by atoms with Crippen LogP contribution in [0.4, 0.5) is 14.6 Å². The molecule has 0 saturated carbocycles. The van der Waals surface area contributed by atoms with Gasteiger partial charge in [0.05, 0.1) is 22.5 Å². The summed E-state index contributed by atoms with van der Waals surface area (Å²) < 4.78 is 27.4. The molecule has 4 nitrogen and oxygen atoms in total. The number of benzene rings is 1. The van der Waals surface area contributed by atoms with Crippen LogP contribution in [0.25, 0.3) is 22.4 Å². The second kappa shape index (κ2) is 5.14. The van der Waals surface area contributed by atoms with E-state index >= 15 is 0 Å². The standard InChI is InChI=1S/C14H9ClF2N4/c15-9-2-1-3-10(17)11(9)12-13(20-21-14(12)18)7-4-8(16)6-19-5-7/h1-6H,(H3,18,20,21). The predicted octanol–water partition coefficient (Wildman–Crippen LogP) is 3.65. The summed E-state index contributed by atoms with van der Waals surface area (Å²) in [5, 5.41) is 6.71. The minimum atomic E-state index is -0.541. The van der Waals surface area contributed by atoms with Gasteiger partial charge in [-0.25, -0.2) is 8.78 Å². The van der Waals surface area contributed by atoms with E-state index in [4.69, 9.17) is 17.3 Å². The van der Waals surface area contributed by atoms with Gasteiger partial charge >= 0.3 is 0 Å². The summed E-state index contributed by atoms with van der Waals surface area (Å²) in [5.74, 6) is -0.992. The summed E-state index contributed by atoms with van der Waals surface area (Å²) in [6, 6.07) is 5.54. The van der Waals surface area contributed by atoms with Crippen LogP contribution in [0.15, 0.2) is 36.7 Å². The van der Waals surface area contributed by atoms with Gasteiger partial charge in [-0.2, -0.15) is 5.10 Å². The predicted molar refractivity (Wildman–Crippen MR) is 76.6 cm³/mol. The lowest BCUT2D eigenvalue weighted by molar-refractivity contribution is 0.622. The fourth-order valence-corrected chi connectivity index (χ4v) is 2.36. The molecule has 0 saturated heterocycles. The third kappa shape index (κ3) is 2.34. The number of anilines is 1. The first-order valence-corrected chi connectivity index (χ1v) is 6.35. The first kappa shape index (κ1) is 13.5. The second-order valence-electron chi connectivity index (χ2n) is 4.35. The Labute approximate surface area is 123 Å². The van der Waals surface area contributed by atoms with Gasteiger partial charge in [0.2, 0.25) is 0 Å². The molecule has 7 heteroatoms. The lowest BCUT2D eigenvalue weighted by Gasteiger charge is -2.08. The van der Waals surface area contributed by atoms with Crippen molar-refractivity contribution in [3.63, 3.8) is 0 Å². The number of nitrogens with zero attached hydrogens (tertiary/aromatic N) is 2. The molecule has 21 heavy (non-hydrogen) atoms. The Hall–Kier alpha value is -2.47. The number of rotatable bonds is 2. The normalized spacial score (nSPS) is 10.8. The maximum Gasteiger partial charge on any atom is 0.153 e. The molecular formula is C14H9ClF2N4. The fraction of sp³-hybridized carbons (Fsp3) is 0. The van der Waals surface area contributed by atoms with Crippen LogP contribution in [0.5, 0.6) is 0 Å². The van der Waals surface area contributed by atoms with Crippen molar-refractivity contribution in [3.8, 4) is 22.4 Å². The Morgan fingerprint density at radius 3 is 2.67 bits per heavy atom. The van der Waals surface area contributed by atoms with Crippen LogP contribution < -0.4 is 5.73 Å². The SMILES string of the molecule is Nc1n[nH]c(-c2cncc(F)c2)c1-c1c(F)cccc1Cl. The molecule has 0 aliphatic rings. The van der Waals surface area contributed by atoms with Gasteiger partial charge in [0.1, 0.15) is 11.6 Å². The van der Waals surface area contributed by atoms with Gasteiger partial charge in [-0.15, -0.1) is 0 Å². The molecule has 0 radical (unpaired) electrons. The molecule has 3 aromatic rings. The van der Waals surface area contributed by atoms with Crippen LogP contribution in [0.3, 0.4) is 0 Å². The number of nitrogen functional groups attached to an aromatic ring is 1. The molecule has 0 spiro atoms. The summed E-state index contributed by atoms with van der Waals surface area (Å²) >= 11 is 6.06. The van der Waals surface area contributed by atoms with Crippen molar-refractivity contribution in [1.82, 2.24) is 15.2 Å². The summed E-state index contributed by atoms with van der Waals surface area (Å²) in [7, 11) is 0. The molecule has 2 aromatic heterocycles. The minimum Gasteiger partial charge on any atom is -0.382 e. The first-order valence-electron chi connectivity index (χ1n) is 5.97. The summed E-state index contributed by atoms with van der Waals surface area (Å²) in [4.78, 5) is 3.76. The molecule has 106 valence electrons. The molecule has 1 aromatic carbocycles. The zero-order chi connectivity index (χ0) is 15.0. The van der Waals surface area contributed by atoms with Crippen molar-refractivity contribution in [3.05, 3.63) is 53.3 Å². The Morgan fingerprint density at radius 2 is 1.95 bits per heavy atom. The smallest absolute Gasteiger partial charge is 0.153 e. The number of pyridine rings is 1. The third-order valence-electron chi connectivity index (χ3n) is 3.00. The van der Waals surface area contributed by atoms with Crippen LogP contribution in [0.1, 0.15) is 0 Å². The Morgan fingerprint density at radius 1 is 1.14 bits per heavy atom. The van der Waals surface area contributed by atoms with Gasteiger partial charge < -0.3 is 5.73 Å². The highest BCUT2D eigenvalue weighted by Gasteiger charge is 2.20. The quantitative estimate of drug-likeness (QED) is 0.759. The molecule has 3 N–H and O–H groups in total. The maximum absolute atomic E-state index is 14.1. The zero-order valence-corrected chi connectivity index (χ0v) is 11.3. The molecule has 0 fully saturated rings. The Balaban J connectivity index is 2.28. The third-order valence-corrected chi connectivity index (χ3v) is 3.32. The van der Waals surface area contributed by atoms with E-state index in [0.29, 0.717) is 11.3 Å². The average Bonchev–Trinajstić information content (AvgIpc) is 2.81. The van der Waals surface area contributed by atoms with Gasteiger partial charge in [0.15, 0.2) is 5.82 Å². The van der Waals surface area contributed by atoms with Gasteiger partial charge in [-0.3, -0.25) is 10.1 Å². The van der Waals surface area contributed by atoms with Crippen molar-refractivity contribution < 1.29 is 8.78 Å². The average molecular weight is 307 g/mol. The van der Waals surface area contributed by atoms with Crippen molar-refractivity contribution in [2.45, 2.75) is 0 Å². The van der Waals surface area contributed by atoms with E-state index in [0.717, 1.165) is 6.20 Å². The van der Waals surface area contributed by atoms with E-state index < -0.39 is 11.6 Å². The lowest BCUT2D eigenvalue weighted by atomic mass is 10.0. The number of nitrogens with one attached hydrogen (secondary N) is 1. The van der Waals surface area contributed by atoms with E-state index in [2.05, 4.69) is 15.2 Å². The number of nitrogens with two attached hydrogens (primary N) is 1. The highest BCUT2D eigenvalue weighted by atomic mass is 35.5. The van der Waals surface area contributed by atoms with Crippen LogP contribution in [-0.2, 0) is 0 Å². The topological polar surface area (TPSA) is 67.6 Å². The van der Waals surface area contributed by atoms with Crippen LogP contribution in [-0.4, -0.2) is 15.2 Å².